The number of esters is 1. The monoisotopic (exact) mass is 252 g/mol. The second-order valence-electron chi connectivity index (χ2n) is 4.18. The number of methoxy groups -OCH3 is 1. The Hall–Kier alpha value is -1.29. The third kappa shape index (κ3) is 4.23. The summed E-state index contributed by atoms with van der Waals surface area (Å²) in [4.78, 5) is 21.6. The fourth-order valence-electron chi connectivity index (χ4n) is 1.32. The van der Waals surface area contributed by atoms with Gasteiger partial charge in [0.05, 0.1) is 7.11 Å². The highest BCUT2D eigenvalue weighted by Crippen LogP contribution is 2.32. The molecule has 0 aromatic rings. The van der Waals surface area contributed by atoms with E-state index in [0.29, 0.717) is 0 Å². The number of hydrogen-bond acceptors (Lipinski definition) is 4. The van der Waals surface area contributed by atoms with Crippen LogP contribution in [-0.4, -0.2) is 22.9 Å². The van der Waals surface area contributed by atoms with Crippen molar-refractivity contribution in [3.05, 3.63) is 24.3 Å². The lowest BCUT2D eigenvalue weighted by Gasteiger charge is -2.18. The van der Waals surface area contributed by atoms with Gasteiger partial charge in [-0.1, -0.05) is 30.0 Å². The first-order valence-electron chi connectivity index (χ1n) is 5.25. The Morgan fingerprint density at radius 1 is 1.24 bits per heavy atom. The van der Waals surface area contributed by atoms with E-state index in [1.54, 1.807) is 13.8 Å². The zero-order chi connectivity index (χ0) is 13.1. The van der Waals surface area contributed by atoms with Crippen LogP contribution >= 0.6 is 11.8 Å². The lowest BCUT2D eigenvalue weighted by Crippen LogP contribution is -2.30. The van der Waals surface area contributed by atoms with E-state index in [1.165, 1.54) is 25.2 Å². The zero-order valence-corrected chi connectivity index (χ0v) is 11.3. The number of benzene rings is 1. The molecular weight excluding hydrogens is 236 g/mol. The average molecular weight is 252 g/mol. The lowest BCUT2D eigenvalue weighted by molar-refractivity contribution is -0.142. The van der Waals surface area contributed by atoms with Crippen molar-refractivity contribution in [2.24, 2.45) is 0 Å². The van der Waals surface area contributed by atoms with Gasteiger partial charge in [0.15, 0.2) is 5.12 Å². The van der Waals surface area contributed by atoms with E-state index in [2.05, 4.69) is 29.0 Å². The summed E-state index contributed by atoms with van der Waals surface area (Å²) in [5.41, 5.74) is 2.85. The van der Waals surface area contributed by atoms with Gasteiger partial charge in [0.25, 0.3) is 0 Å². The van der Waals surface area contributed by atoms with E-state index in [0.717, 1.165) is 11.8 Å². The maximum atomic E-state index is 11.0. The topological polar surface area (TPSA) is 43.4 Å². The molecule has 0 spiro atoms. The molecule has 17 heavy (non-hydrogen) atoms. The van der Waals surface area contributed by atoms with Gasteiger partial charge in [0, 0.05) is 6.92 Å². The first kappa shape index (κ1) is 13.8. The highest BCUT2D eigenvalue weighted by atomic mass is 32.2. The van der Waals surface area contributed by atoms with E-state index in [9.17, 15) is 9.59 Å². The van der Waals surface area contributed by atoms with Crippen molar-refractivity contribution in [3.63, 3.8) is 0 Å². The Balaban J connectivity index is 0.000000196. The Labute approximate surface area is 106 Å². The van der Waals surface area contributed by atoms with Crippen LogP contribution in [0.1, 0.15) is 20.8 Å². The Morgan fingerprint density at radius 2 is 1.76 bits per heavy atom. The number of fused-ring (bicyclic) bond motifs is 1. The number of hydrogen-bond donors (Lipinski definition) is 0. The van der Waals surface area contributed by atoms with Crippen LogP contribution in [-0.2, 0) is 14.3 Å². The minimum Gasteiger partial charge on any atom is -0.468 e. The van der Waals surface area contributed by atoms with E-state index in [4.69, 9.17) is 0 Å². The number of carbonyl (C=O) groups excluding carboxylic acids is 2. The molecule has 0 aliphatic heterocycles. The maximum absolute atomic E-state index is 11.0. The maximum Gasteiger partial charge on any atom is 0.321 e. The minimum absolute atomic E-state index is 0.0830. The molecule has 0 aromatic heterocycles. The van der Waals surface area contributed by atoms with Gasteiger partial charge in [-0.05, 0) is 31.0 Å². The average Bonchev–Trinajstić information content (AvgIpc) is 2.84. The summed E-state index contributed by atoms with van der Waals surface area (Å²) in [7, 11) is 1.31. The van der Waals surface area contributed by atoms with Gasteiger partial charge in [-0.3, -0.25) is 9.59 Å². The van der Waals surface area contributed by atoms with Crippen molar-refractivity contribution in [2.75, 3.05) is 7.11 Å². The normalized spacial score (nSPS) is 11.1. The summed E-state index contributed by atoms with van der Waals surface area (Å²) in [6.07, 6.45) is 0. The highest BCUT2D eigenvalue weighted by molar-refractivity contribution is 8.15. The fraction of sp³-hybridized carbons (Fsp3) is 0.385. The summed E-state index contributed by atoms with van der Waals surface area (Å²) >= 11 is 0.976. The number of rotatable bonds is 2. The molecule has 0 atom stereocenters. The quantitative estimate of drug-likeness (QED) is 0.771. The molecule has 0 fully saturated rings. The SMILES string of the molecule is COC(=O)C(C)(C)SC(C)=O.c1cc2cc-2c1. The van der Waals surface area contributed by atoms with Crippen LogP contribution in [0.5, 0.6) is 0 Å². The van der Waals surface area contributed by atoms with Gasteiger partial charge in [-0.2, -0.15) is 0 Å². The first-order chi connectivity index (χ1) is 7.86. The van der Waals surface area contributed by atoms with Gasteiger partial charge in [-0.25, -0.2) is 0 Å². The summed E-state index contributed by atoms with van der Waals surface area (Å²) in [6.45, 7) is 4.74. The van der Waals surface area contributed by atoms with Crippen LogP contribution in [0.25, 0.3) is 11.1 Å². The largest absolute Gasteiger partial charge is 0.468 e. The molecule has 2 aliphatic carbocycles. The molecule has 2 aliphatic rings. The molecule has 4 heteroatoms. The van der Waals surface area contributed by atoms with Gasteiger partial charge in [0.1, 0.15) is 4.75 Å². The molecule has 0 unspecified atom stereocenters. The fourth-order valence-corrected chi connectivity index (χ4v) is 2.21. The molecule has 0 bridgehead atoms. The van der Waals surface area contributed by atoms with Crippen molar-refractivity contribution >= 4 is 22.8 Å². The molecule has 0 aromatic carbocycles. The van der Waals surface area contributed by atoms with Gasteiger partial charge >= 0.3 is 5.97 Å². The standard InChI is InChI=1S/C7H12O3S.C6H4/c1-5(8)11-7(2,3)6(9)10-4;1-2-5-4-6(5)3-1/h1-4H3;1-4H. The molecular formula is C13H16O3S. The summed E-state index contributed by atoms with van der Waals surface area (Å²) in [6, 6.07) is 8.48. The molecule has 2 rings (SSSR count). The van der Waals surface area contributed by atoms with Gasteiger partial charge < -0.3 is 4.74 Å². The Morgan fingerprint density at radius 3 is 2.00 bits per heavy atom. The van der Waals surface area contributed by atoms with Crippen molar-refractivity contribution in [1.29, 1.82) is 0 Å². The van der Waals surface area contributed by atoms with E-state index < -0.39 is 4.75 Å². The molecule has 0 saturated carbocycles. The number of carbonyl (C=O) groups is 2. The van der Waals surface area contributed by atoms with Crippen LogP contribution in [0.15, 0.2) is 24.3 Å². The van der Waals surface area contributed by atoms with E-state index in [1.807, 2.05) is 0 Å². The second-order valence-corrected chi connectivity index (χ2v) is 5.98. The molecule has 0 amide bonds. The van der Waals surface area contributed by atoms with Crippen molar-refractivity contribution in [1.82, 2.24) is 0 Å². The third-order valence-corrected chi connectivity index (χ3v) is 3.15. The summed E-state index contributed by atoms with van der Waals surface area (Å²) in [5.74, 6) is -0.377. The molecule has 0 heterocycles. The van der Waals surface area contributed by atoms with Crippen LogP contribution in [0.4, 0.5) is 0 Å². The lowest BCUT2D eigenvalue weighted by atomic mass is 10.2. The molecule has 0 N–H and O–H groups in total. The van der Waals surface area contributed by atoms with E-state index in [-0.39, 0.29) is 11.1 Å². The third-order valence-electron chi connectivity index (χ3n) is 2.19. The molecule has 0 saturated heterocycles. The summed E-state index contributed by atoms with van der Waals surface area (Å²) < 4.78 is 3.74. The molecule has 3 nitrogen and oxygen atoms in total. The predicted octanol–water partition coefficient (Wildman–Crippen LogP) is 2.88. The van der Waals surface area contributed by atoms with Crippen molar-refractivity contribution in [2.45, 2.75) is 25.5 Å². The Kier molecular flexibility index (Phi) is 4.34. The summed E-state index contributed by atoms with van der Waals surface area (Å²) in [5, 5.41) is -0.0830. The number of thioether (sulfide) groups is 1. The number of ether oxygens (including phenoxy) is 1. The van der Waals surface area contributed by atoms with E-state index >= 15 is 0 Å². The Bertz CT molecular complexity index is 421. The molecule has 0 radical (unpaired) electrons. The van der Waals surface area contributed by atoms with Crippen molar-refractivity contribution in [3.8, 4) is 11.1 Å². The zero-order valence-electron chi connectivity index (χ0n) is 10.4. The minimum atomic E-state index is -0.763. The van der Waals surface area contributed by atoms with Crippen molar-refractivity contribution < 1.29 is 14.3 Å². The van der Waals surface area contributed by atoms with Gasteiger partial charge in [-0.15, -0.1) is 0 Å². The van der Waals surface area contributed by atoms with Crippen LogP contribution in [0.2, 0.25) is 0 Å². The highest BCUT2D eigenvalue weighted by Gasteiger charge is 2.30. The van der Waals surface area contributed by atoms with Crippen LogP contribution < -0.4 is 0 Å². The smallest absolute Gasteiger partial charge is 0.321 e. The van der Waals surface area contributed by atoms with Gasteiger partial charge in [0.2, 0.25) is 0 Å². The van der Waals surface area contributed by atoms with Crippen LogP contribution in [0.3, 0.4) is 0 Å². The first-order valence-corrected chi connectivity index (χ1v) is 6.07. The molecule has 92 valence electrons. The second kappa shape index (κ2) is 5.36. The predicted molar refractivity (Wildman–Crippen MR) is 69.8 cm³/mol. The van der Waals surface area contributed by atoms with Crippen LogP contribution in [0, 0.1) is 0 Å².